The lowest BCUT2D eigenvalue weighted by Gasteiger charge is -2.21. The minimum absolute atomic E-state index is 0.488. The maximum Gasteiger partial charge on any atom is 0.125 e. The van der Waals surface area contributed by atoms with E-state index in [2.05, 4.69) is 32.0 Å². The highest BCUT2D eigenvalue weighted by Crippen LogP contribution is 2.25. The Morgan fingerprint density at radius 3 is 2.38 bits per heavy atom. The van der Waals surface area contributed by atoms with Gasteiger partial charge in [-0.25, -0.2) is 0 Å². The lowest BCUT2D eigenvalue weighted by molar-refractivity contribution is 0.308. The topological polar surface area (TPSA) is 21.7 Å². The van der Waals surface area contributed by atoms with E-state index in [-0.39, 0.29) is 0 Å². The Hall–Kier alpha value is -1.22. The number of nitrogens with zero attached hydrogens (tertiary/aromatic N) is 1. The molecule has 1 aromatic carbocycles. The van der Waals surface area contributed by atoms with Crippen LogP contribution in [0, 0.1) is 0 Å². The van der Waals surface area contributed by atoms with Crippen LogP contribution in [0.2, 0.25) is 0 Å². The summed E-state index contributed by atoms with van der Waals surface area (Å²) in [7, 11) is 7.52. The molecular formula is C13H21NO2. The van der Waals surface area contributed by atoms with Crippen LogP contribution in [0.1, 0.15) is 12.5 Å². The van der Waals surface area contributed by atoms with E-state index in [0.29, 0.717) is 6.04 Å². The molecule has 0 unspecified atom stereocenters. The van der Waals surface area contributed by atoms with Crippen molar-refractivity contribution in [3.63, 3.8) is 0 Å². The first kappa shape index (κ1) is 12.8. The van der Waals surface area contributed by atoms with Crippen LogP contribution in [0.25, 0.3) is 0 Å². The summed E-state index contributed by atoms with van der Waals surface area (Å²) in [6, 6.07) is 6.46. The highest BCUT2D eigenvalue weighted by molar-refractivity contribution is 5.41. The summed E-state index contributed by atoms with van der Waals surface area (Å²) in [6.07, 6.45) is 0.972. The Balaban J connectivity index is 2.87. The predicted octanol–water partition coefficient (Wildman–Crippen LogP) is 2.20. The number of ether oxygens (including phenoxy) is 2. The Morgan fingerprint density at radius 2 is 1.88 bits per heavy atom. The molecule has 0 fully saturated rings. The molecule has 1 aromatic rings. The highest BCUT2D eigenvalue weighted by Gasteiger charge is 2.10. The maximum atomic E-state index is 5.37. The molecular weight excluding hydrogens is 202 g/mol. The van der Waals surface area contributed by atoms with Crippen LogP contribution in [0.3, 0.4) is 0 Å². The van der Waals surface area contributed by atoms with Crippen molar-refractivity contribution < 1.29 is 9.47 Å². The number of likely N-dealkylation sites (N-methyl/N-ethyl adjacent to an activating group) is 1. The molecule has 0 saturated heterocycles. The van der Waals surface area contributed by atoms with Crippen LogP contribution in [0.4, 0.5) is 0 Å². The molecule has 1 atom stereocenters. The van der Waals surface area contributed by atoms with Crippen LogP contribution in [0.15, 0.2) is 18.2 Å². The molecule has 16 heavy (non-hydrogen) atoms. The Morgan fingerprint density at radius 1 is 1.19 bits per heavy atom. The van der Waals surface area contributed by atoms with Gasteiger partial charge in [0.25, 0.3) is 0 Å². The van der Waals surface area contributed by atoms with Crippen molar-refractivity contribution in [2.75, 3.05) is 28.3 Å². The van der Waals surface area contributed by atoms with Crippen molar-refractivity contribution in [2.45, 2.75) is 19.4 Å². The summed E-state index contributed by atoms with van der Waals surface area (Å²) in [5, 5.41) is 0. The van der Waals surface area contributed by atoms with E-state index in [0.717, 1.165) is 17.9 Å². The summed E-state index contributed by atoms with van der Waals surface area (Å²) >= 11 is 0. The molecule has 90 valence electrons. The molecule has 3 heteroatoms. The Kier molecular flexibility index (Phi) is 4.62. The van der Waals surface area contributed by atoms with E-state index in [1.165, 1.54) is 5.56 Å². The summed E-state index contributed by atoms with van der Waals surface area (Å²) in [5.41, 5.74) is 1.21. The fourth-order valence-electron chi connectivity index (χ4n) is 1.52. The quantitative estimate of drug-likeness (QED) is 0.764. The van der Waals surface area contributed by atoms with Gasteiger partial charge >= 0.3 is 0 Å². The zero-order valence-electron chi connectivity index (χ0n) is 10.8. The zero-order chi connectivity index (χ0) is 12.1. The van der Waals surface area contributed by atoms with Gasteiger partial charge in [0.15, 0.2) is 0 Å². The van der Waals surface area contributed by atoms with Crippen LogP contribution in [0.5, 0.6) is 11.5 Å². The van der Waals surface area contributed by atoms with E-state index >= 15 is 0 Å². The first-order valence-electron chi connectivity index (χ1n) is 5.45. The molecule has 0 bridgehead atoms. The number of rotatable bonds is 5. The van der Waals surface area contributed by atoms with Gasteiger partial charge in [-0.1, -0.05) is 6.07 Å². The highest BCUT2D eigenvalue weighted by atomic mass is 16.5. The third-order valence-corrected chi connectivity index (χ3v) is 2.89. The van der Waals surface area contributed by atoms with Gasteiger partial charge in [-0.05, 0) is 39.1 Å². The monoisotopic (exact) mass is 223 g/mol. The molecule has 1 rings (SSSR count). The van der Waals surface area contributed by atoms with Gasteiger partial charge in [0, 0.05) is 12.1 Å². The normalized spacial score (nSPS) is 12.6. The summed E-state index contributed by atoms with van der Waals surface area (Å²) in [5.74, 6) is 1.73. The summed E-state index contributed by atoms with van der Waals surface area (Å²) in [4.78, 5) is 2.20. The minimum atomic E-state index is 0.488. The zero-order valence-corrected chi connectivity index (χ0v) is 10.8. The van der Waals surface area contributed by atoms with Crippen molar-refractivity contribution in [3.05, 3.63) is 23.8 Å². The molecule has 0 amide bonds. The first-order valence-corrected chi connectivity index (χ1v) is 5.45. The molecule has 0 aliphatic heterocycles. The van der Waals surface area contributed by atoms with Crippen LogP contribution >= 0.6 is 0 Å². The molecule has 0 heterocycles. The molecule has 0 aliphatic carbocycles. The fourth-order valence-corrected chi connectivity index (χ4v) is 1.52. The maximum absolute atomic E-state index is 5.37. The number of hydrogen-bond donors (Lipinski definition) is 0. The second kappa shape index (κ2) is 5.75. The lowest BCUT2D eigenvalue weighted by atomic mass is 10.1. The van der Waals surface area contributed by atoms with Crippen molar-refractivity contribution >= 4 is 0 Å². The molecule has 0 N–H and O–H groups in total. The van der Waals surface area contributed by atoms with Crippen molar-refractivity contribution in [1.29, 1.82) is 0 Å². The molecule has 0 saturated carbocycles. The van der Waals surface area contributed by atoms with E-state index in [1.807, 2.05) is 12.1 Å². The predicted molar refractivity (Wildman–Crippen MR) is 66.4 cm³/mol. The van der Waals surface area contributed by atoms with Gasteiger partial charge in [0.2, 0.25) is 0 Å². The van der Waals surface area contributed by atoms with Crippen LogP contribution in [-0.4, -0.2) is 39.3 Å². The lowest BCUT2D eigenvalue weighted by Crippen LogP contribution is -2.26. The number of hydrogen-bond acceptors (Lipinski definition) is 3. The smallest absolute Gasteiger partial charge is 0.125 e. The average molecular weight is 223 g/mol. The van der Waals surface area contributed by atoms with Crippen LogP contribution in [-0.2, 0) is 6.42 Å². The molecule has 3 nitrogen and oxygen atoms in total. The van der Waals surface area contributed by atoms with Gasteiger partial charge in [-0.3, -0.25) is 0 Å². The van der Waals surface area contributed by atoms with Crippen LogP contribution < -0.4 is 9.47 Å². The molecule has 0 aliphatic rings. The van der Waals surface area contributed by atoms with Crippen molar-refractivity contribution in [1.82, 2.24) is 4.90 Å². The molecule has 0 spiro atoms. The molecule has 0 radical (unpaired) electrons. The average Bonchev–Trinajstić information content (AvgIpc) is 2.29. The second-order valence-electron chi connectivity index (χ2n) is 4.19. The van der Waals surface area contributed by atoms with Gasteiger partial charge < -0.3 is 14.4 Å². The fraction of sp³-hybridized carbons (Fsp3) is 0.538. The van der Waals surface area contributed by atoms with E-state index in [9.17, 15) is 0 Å². The van der Waals surface area contributed by atoms with Gasteiger partial charge in [0.05, 0.1) is 14.2 Å². The van der Waals surface area contributed by atoms with E-state index < -0.39 is 0 Å². The van der Waals surface area contributed by atoms with Gasteiger partial charge in [-0.2, -0.15) is 0 Å². The van der Waals surface area contributed by atoms with Crippen molar-refractivity contribution in [2.24, 2.45) is 0 Å². The standard InChI is InChI=1S/C13H21NO2/c1-10(14(2)3)8-11-6-7-12(15-4)9-13(11)16-5/h6-7,9-10H,8H2,1-5H3/t10-/m0/s1. The number of benzene rings is 1. The Bertz CT molecular complexity index is 337. The molecule has 0 aromatic heterocycles. The van der Waals surface area contributed by atoms with Gasteiger partial charge in [-0.15, -0.1) is 0 Å². The van der Waals surface area contributed by atoms with E-state index in [4.69, 9.17) is 9.47 Å². The third kappa shape index (κ3) is 3.14. The summed E-state index contributed by atoms with van der Waals surface area (Å²) in [6.45, 7) is 2.20. The minimum Gasteiger partial charge on any atom is -0.497 e. The largest absolute Gasteiger partial charge is 0.497 e. The van der Waals surface area contributed by atoms with Crippen molar-refractivity contribution in [3.8, 4) is 11.5 Å². The first-order chi connectivity index (χ1) is 7.58. The Labute approximate surface area is 98.0 Å². The SMILES string of the molecule is COc1ccc(C[C@H](C)N(C)C)c(OC)c1. The second-order valence-corrected chi connectivity index (χ2v) is 4.19. The van der Waals surface area contributed by atoms with E-state index in [1.54, 1.807) is 14.2 Å². The third-order valence-electron chi connectivity index (χ3n) is 2.89. The van der Waals surface area contributed by atoms with Gasteiger partial charge in [0.1, 0.15) is 11.5 Å². The number of methoxy groups -OCH3 is 2. The summed E-state index contributed by atoms with van der Waals surface area (Å²) < 4.78 is 10.5.